The number of carbonyl (C=O) groups excluding carboxylic acids is 1. The number of hydrogen-bond donors (Lipinski definition) is 0. The van der Waals surface area contributed by atoms with Gasteiger partial charge in [0, 0.05) is 6.54 Å². The first-order valence-electron chi connectivity index (χ1n) is 7.61. The third-order valence-electron chi connectivity index (χ3n) is 4.66. The summed E-state index contributed by atoms with van der Waals surface area (Å²) in [7, 11) is 0. The molecule has 1 aromatic carbocycles. The SMILES string of the molecule is O=CC1CCC(c2ccccc2)CCN1CC1CC1. The number of rotatable bonds is 4. The molecule has 3 rings (SSSR count). The Labute approximate surface area is 115 Å². The van der Waals surface area contributed by atoms with E-state index in [4.69, 9.17) is 0 Å². The van der Waals surface area contributed by atoms with Crippen molar-refractivity contribution in [1.82, 2.24) is 4.90 Å². The monoisotopic (exact) mass is 257 g/mol. The van der Waals surface area contributed by atoms with Gasteiger partial charge in [0.15, 0.2) is 0 Å². The molecular weight excluding hydrogens is 234 g/mol. The van der Waals surface area contributed by atoms with E-state index in [2.05, 4.69) is 35.2 Å². The summed E-state index contributed by atoms with van der Waals surface area (Å²) in [6.45, 7) is 2.23. The first kappa shape index (κ1) is 12.9. The van der Waals surface area contributed by atoms with E-state index in [0.29, 0.717) is 5.92 Å². The minimum Gasteiger partial charge on any atom is -0.302 e. The van der Waals surface area contributed by atoms with Crippen molar-refractivity contribution >= 4 is 6.29 Å². The van der Waals surface area contributed by atoms with E-state index in [0.717, 1.165) is 31.8 Å². The highest BCUT2D eigenvalue weighted by molar-refractivity contribution is 5.57. The normalized spacial score (nSPS) is 28.8. The highest BCUT2D eigenvalue weighted by Crippen LogP contribution is 2.34. The Hall–Kier alpha value is -1.15. The van der Waals surface area contributed by atoms with Crippen LogP contribution in [-0.4, -0.2) is 30.3 Å². The van der Waals surface area contributed by atoms with Crippen LogP contribution in [0.15, 0.2) is 30.3 Å². The van der Waals surface area contributed by atoms with Crippen molar-refractivity contribution < 1.29 is 4.79 Å². The minimum atomic E-state index is 0.161. The summed E-state index contributed by atoms with van der Waals surface area (Å²) in [4.78, 5) is 13.8. The molecule has 0 radical (unpaired) electrons. The molecule has 0 N–H and O–H groups in total. The molecule has 2 nitrogen and oxygen atoms in total. The van der Waals surface area contributed by atoms with Gasteiger partial charge < -0.3 is 4.79 Å². The van der Waals surface area contributed by atoms with Gasteiger partial charge in [0.05, 0.1) is 6.04 Å². The second kappa shape index (κ2) is 5.87. The van der Waals surface area contributed by atoms with E-state index in [1.165, 1.54) is 31.1 Å². The molecule has 2 aliphatic rings. The summed E-state index contributed by atoms with van der Waals surface area (Å²) >= 11 is 0. The van der Waals surface area contributed by atoms with Crippen molar-refractivity contribution in [2.75, 3.05) is 13.1 Å². The fourth-order valence-corrected chi connectivity index (χ4v) is 3.26. The van der Waals surface area contributed by atoms with Crippen LogP contribution in [0, 0.1) is 5.92 Å². The number of likely N-dealkylation sites (tertiary alicyclic amines) is 1. The van der Waals surface area contributed by atoms with E-state index in [-0.39, 0.29) is 6.04 Å². The molecule has 1 saturated carbocycles. The summed E-state index contributed by atoms with van der Waals surface area (Å²) in [5, 5.41) is 0. The van der Waals surface area contributed by atoms with Gasteiger partial charge in [0.2, 0.25) is 0 Å². The van der Waals surface area contributed by atoms with Gasteiger partial charge in [-0.1, -0.05) is 30.3 Å². The second-order valence-electron chi connectivity index (χ2n) is 6.12. The first-order valence-corrected chi connectivity index (χ1v) is 7.61. The van der Waals surface area contributed by atoms with Crippen molar-refractivity contribution in [3.05, 3.63) is 35.9 Å². The average molecular weight is 257 g/mol. The van der Waals surface area contributed by atoms with Crippen molar-refractivity contribution in [3.8, 4) is 0 Å². The van der Waals surface area contributed by atoms with Crippen LogP contribution in [0.3, 0.4) is 0 Å². The fourth-order valence-electron chi connectivity index (χ4n) is 3.26. The molecule has 0 bridgehead atoms. The predicted octanol–water partition coefficient (Wildman–Crippen LogP) is 3.23. The Kier molecular flexibility index (Phi) is 3.97. The van der Waals surface area contributed by atoms with Crippen LogP contribution in [0.1, 0.15) is 43.6 Å². The topological polar surface area (TPSA) is 20.3 Å². The Morgan fingerprint density at radius 1 is 1.05 bits per heavy atom. The van der Waals surface area contributed by atoms with E-state index in [1.807, 2.05) is 0 Å². The quantitative estimate of drug-likeness (QED) is 0.772. The van der Waals surface area contributed by atoms with Crippen molar-refractivity contribution in [2.45, 2.75) is 44.1 Å². The van der Waals surface area contributed by atoms with E-state index >= 15 is 0 Å². The lowest BCUT2D eigenvalue weighted by molar-refractivity contribution is -0.112. The van der Waals surface area contributed by atoms with Gasteiger partial charge in [-0.2, -0.15) is 0 Å². The lowest BCUT2D eigenvalue weighted by atomic mass is 9.91. The van der Waals surface area contributed by atoms with Crippen molar-refractivity contribution in [3.63, 3.8) is 0 Å². The van der Waals surface area contributed by atoms with E-state index in [1.54, 1.807) is 0 Å². The Morgan fingerprint density at radius 3 is 2.53 bits per heavy atom. The third-order valence-corrected chi connectivity index (χ3v) is 4.66. The zero-order chi connectivity index (χ0) is 13.1. The molecular formula is C17H23NO. The molecule has 2 fully saturated rings. The molecule has 1 aliphatic heterocycles. The predicted molar refractivity (Wildman–Crippen MR) is 77.2 cm³/mol. The van der Waals surface area contributed by atoms with Gasteiger partial charge in [0.25, 0.3) is 0 Å². The molecule has 1 aromatic rings. The number of aldehydes is 1. The van der Waals surface area contributed by atoms with Crippen molar-refractivity contribution in [2.24, 2.45) is 5.92 Å². The Morgan fingerprint density at radius 2 is 1.84 bits per heavy atom. The largest absolute Gasteiger partial charge is 0.302 e. The number of benzene rings is 1. The van der Waals surface area contributed by atoms with Crippen molar-refractivity contribution in [1.29, 1.82) is 0 Å². The number of carbonyl (C=O) groups is 1. The van der Waals surface area contributed by atoms with Gasteiger partial charge in [-0.15, -0.1) is 0 Å². The fraction of sp³-hybridized carbons (Fsp3) is 0.588. The number of nitrogens with zero attached hydrogens (tertiary/aromatic N) is 1. The highest BCUT2D eigenvalue weighted by Gasteiger charge is 2.30. The van der Waals surface area contributed by atoms with Gasteiger partial charge in [0.1, 0.15) is 6.29 Å². The maximum Gasteiger partial charge on any atom is 0.137 e. The number of hydrogen-bond acceptors (Lipinski definition) is 2. The van der Waals surface area contributed by atoms with Crippen LogP contribution >= 0.6 is 0 Å². The summed E-state index contributed by atoms with van der Waals surface area (Å²) in [5.41, 5.74) is 1.44. The molecule has 19 heavy (non-hydrogen) atoms. The maximum atomic E-state index is 11.3. The molecule has 102 valence electrons. The van der Waals surface area contributed by atoms with Crippen LogP contribution in [0.2, 0.25) is 0 Å². The molecule has 1 saturated heterocycles. The van der Waals surface area contributed by atoms with Crippen LogP contribution in [0.5, 0.6) is 0 Å². The van der Waals surface area contributed by atoms with E-state index < -0.39 is 0 Å². The molecule has 2 heteroatoms. The standard InChI is InChI=1S/C17H23NO/c19-13-17-9-8-16(15-4-2-1-3-5-15)10-11-18(17)12-14-6-7-14/h1-5,13-14,16-17H,6-12H2. The maximum absolute atomic E-state index is 11.3. The van der Waals surface area contributed by atoms with Gasteiger partial charge >= 0.3 is 0 Å². The molecule has 2 unspecified atom stereocenters. The smallest absolute Gasteiger partial charge is 0.137 e. The molecule has 2 atom stereocenters. The van der Waals surface area contributed by atoms with Crippen LogP contribution in [0.4, 0.5) is 0 Å². The molecule has 0 aromatic heterocycles. The lowest BCUT2D eigenvalue weighted by Gasteiger charge is -2.25. The Bertz CT molecular complexity index is 413. The zero-order valence-electron chi connectivity index (χ0n) is 11.5. The van der Waals surface area contributed by atoms with E-state index in [9.17, 15) is 4.79 Å². The minimum absolute atomic E-state index is 0.161. The third kappa shape index (κ3) is 3.24. The summed E-state index contributed by atoms with van der Waals surface area (Å²) in [6.07, 6.45) is 7.27. The van der Waals surface area contributed by atoms with Crippen LogP contribution in [-0.2, 0) is 4.79 Å². The molecule has 1 heterocycles. The first-order chi connectivity index (χ1) is 9.36. The lowest BCUT2D eigenvalue weighted by Crippen LogP contribution is -2.37. The second-order valence-corrected chi connectivity index (χ2v) is 6.12. The Balaban J connectivity index is 1.67. The average Bonchev–Trinajstić information content (AvgIpc) is 3.28. The van der Waals surface area contributed by atoms with Gasteiger partial charge in [-0.25, -0.2) is 0 Å². The van der Waals surface area contributed by atoms with Crippen LogP contribution < -0.4 is 0 Å². The molecule has 0 amide bonds. The zero-order valence-corrected chi connectivity index (χ0v) is 11.5. The highest BCUT2D eigenvalue weighted by atomic mass is 16.1. The van der Waals surface area contributed by atoms with Gasteiger partial charge in [-0.05, 0) is 56.0 Å². The molecule has 1 aliphatic carbocycles. The summed E-state index contributed by atoms with van der Waals surface area (Å²) in [5.74, 6) is 1.50. The van der Waals surface area contributed by atoms with Crippen LogP contribution in [0.25, 0.3) is 0 Å². The summed E-state index contributed by atoms with van der Waals surface area (Å²) < 4.78 is 0. The van der Waals surface area contributed by atoms with Gasteiger partial charge in [-0.3, -0.25) is 4.90 Å². The molecule has 0 spiro atoms. The summed E-state index contributed by atoms with van der Waals surface area (Å²) in [6, 6.07) is 11.0.